The third kappa shape index (κ3) is 5.29. The van der Waals surface area contributed by atoms with Gasteiger partial charge in [-0.1, -0.05) is 0 Å². The normalized spacial score (nSPS) is 16.7. The van der Waals surface area contributed by atoms with Crippen molar-refractivity contribution in [3.63, 3.8) is 0 Å². The van der Waals surface area contributed by atoms with Crippen molar-refractivity contribution < 1.29 is 31.4 Å². The zero-order valence-corrected chi connectivity index (χ0v) is 17.0. The molecule has 12 heteroatoms. The molecule has 2 aliphatic rings. The maximum Gasteiger partial charge on any atom is 0.421 e. The summed E-state index contributed by atoms with van der Waals surface area (Å²) < 4.78 is 78.2. The van der Waals surface area contributed by atoms with Gasteiger partial charge >= 0.3 is 6.18 Å². The summed E-state index contributed by atoms with van der Waals surface area (Å²) >= 11 is 0. The van der Waals surface area contributed by atoms with Crippen molar-refractivity contribution in [1.82, 2.24) is 9.97 Å². The second kappa shape index (κ2) is 9.31. The quantitative estimate of drug-likeness (QED) is 0.575. The summed E-state index contributed by atoms with van der Waals surface area (Å²) in [4.78, 5) is 9.45. The molecule has 1 saturated carbocycles. The van der Waals surface area contributed by atoms with E-state index in [9.17, 15) is 22.0 Å². The first kappa shape index (κ1) is 22.3. The van der Waals surface area contributed by atoms with Gasteiger partial charge in [-0.05, 0) is 12.8 Å². The molecule has 0 radical (unpaired) electrons. The Bertz CT molecular complexity index is 949. The van der Waals surface area contributed by atoms with Crippen LogP contribution in [0.25, 0.3) is 0 Å². The summed E-state index contributed by atoms with van der Waals surface area (Å²) in [6.45, 7) is 0.794. The molecule has 0 unspecified atom stereocenters. The Labute approximate surface area is 180 Å². The smallest absolute Gasteiger partial charge is 0.421 e. The molecule has 2 fully saturated rings. The molecule has 2 N–H and O–H groups in total. The van der Waals surface area contributed by atoms with Crippen LogP contribution < -0.4 is 20.3 Å². The van der Waals surface area contributed by atoms with Crippen LogP contribution in [0.5, 0.6) is 5.75 Å². The summed E-state index contributed by atoms with van der Waals surface area (Å²) in [5, 5.41) is 5.45. The molecule has 1 saturated heterocycles. The van der Waals surface area contributed by atoms with Crippen LogP contribution in [0.2, 0.25) is 0 Å². The molecular weight excluding hydrogens is 437 g/mol. The van der Waals surface area contributed by atoms with E-state index in [1.165, 1.54) is 6.07 Å². The second-order valence-electron chi connectivity index (χ2n) is 7.43. The fourth-order valence-electron chi connectivity index (χ4n) is 3.26. The number of nitrogens with zero attached hydrogens (tertiary/aromatic N) is 3. The van der Waals surface area contributed by atoms with E-state index in [0.29, 0.717) is 32.5 Å². The Morgan fingerprint density at radius 1 is 1.19 bits per heavy atom. The van der Waals surface area contributed by atoms with Gasteiger partial charge in [-0.3, -0.25) is 0 Å². The van der Waals surface area contributed by atoms with Gasteiger partial charge in [0.1, 0.15) is 36.2 Å². The topological polar surface area (TPSA) is 71.5 Å². The summed E-state index contributed by atoms with van der Waals surface area (Å²) in [6, 6.07) is 2.48. The predicted octanol–water partition coefficient (Wildman–Crippen LogP) is 4.14. The van der Waals surface area contributed by atoms with E-state index in [-0.39, 0.29) is 41.5 Å². The molecule has 0 bridgehead atoms. The van der Waals surface area contributed by atoms with Gasteiger partial charge in [-0.25, -0.2) is 13.8 Å². The molecule has 1 aliphatic carbocycles. The van der Waals surface area contributed by atoms with E-state index in [0.717, 1.165) is 18.9 Å². The van der Waals surface area contributed by atoms with Gasteiger partial charge < -0.3 is 25.0 Å². The highest BCUT2D eigenvalue weighted by atomic mass is 19.4. The van der Waals surface area contributed by atoms with Gasteiger partial charge in [-0.15, -0.1) is 0 Å². The Morgan fingerprint density at radius 2 is 1.94 bits per heavy atom. The number of anilines is 4. The number of ether oxygens (including phenoxy) is 2. The lowest BCUT2D eigenvalue weighted by Gasteiger charge is -2.29. The van der Waals surface area contributed by atoms with Crippen molar-refractivity contribution >= 4 is 23.1 Å². The van der Waals surface area contributed by atoms with Gasteiger partial charge in [0.25, 0.3) is 0 Å². The van der Waals surface area contributed by atoms with Crippen LogP contribution in [0.1, 0.15) is 18.4 Å². The second-order valence-corrected chi connectivity index (χ2v) is 7.43. The van der Waals surface area contributed by atoms with E-state index in [2.05, 4.69) is 20.6 Å². The minimum Gasteiger partial charge on any atom is -0.489 e. The first-order chi connectivity index (χ1) is 15.3. The minimum absolute atomic E-state index is 0.0742. The van der Waals surface area contributed by atoms with E-state index >= 15 is 0 Å². The Hall–Kier alpha value is -2.89. The molecule has 0 spiro atoms. The zero-order valence-electron chi connectivity index (χ0n) is 17.0. The maximum absolute atomic E-state index is 14.9. The number of alkyl halides is 4. The van der Waals surface area contributed by atoms with Gasteiger partial charge in [0, 0.05) is 37.5 Å². The maximum atomic E-state index is 14.9. The van der Waals surface area contributed by atoms with Crippen molar-refractivity contribution in [2.45, 2.75) is 25.1 Å². The number of aromatic nitrogens is 2. The highest BCUT2D eigenvalue weighted by Crippen LogP contribution is 2.38. The van der Waals surface area contributed by atoms with Crippen LogP contribution in [-0.4, -0.2) is 55.6 Å². The van der Waals surface area contributed by atoms with Crippen LogP contribution in [-0.2, 0) is 10.9 Å². The fourth-order valence-corrected chi connectivity index (χ4v) is 3.26. The monoisotopic (exact) mass is 459 g/mol. The molecule has 1 aliphatic heterocycles. The molecular formula is C20H22F5N5O2. The van der Waals surface area contributed by atoms with Gasteiger partial charge in [0.2, 0.25) is 5.95 Å². The van der Waals surface area contributed by atoms with E-state index in [1.807, 2.05) is 0 Å². The van der Waals surface area contributed by atoms with Crippen LogP contribution >= 0.6 is 0 Å². The predicted molar refractivity (Wildman–Crippen MR) is 108 cm³/mol. The Kier molecular flexibility index (Phi) is 6.49. The third-order valence-electron chi connectivity index (χ3n) is 4.99. The lowest BCUT2D eigenvalue weighted by Crippen LogP contribution is -2.36. The SMILES string of the molecule is FCCOc1cc(N2CCOCC2)c(F)cc1Nc1ncc(C(F)(F)F)c(NC2CC2)n1. The summed E-state index contributed by atoms with van der Waals surface area (Å²) in [7, 11) is 0. The Morgan fingerprint density at radius 3 is 2.59 bits per heavy atom. The zero-order chi connectivity index (χ0) is 22.7. The molecule has 0 atom stereocenters. The van der Waals surface area contributed by atoms with E-state index in [4.69, 9.17) is 9.47 Å². The fraction of sp³-hybridized carbons (Fsp3) is 0.500. The molecule has 2 aromatic rings. The first-order valence-corrected chi connectivity index (χ1v) is 10.2. The Balaban J connectivity index is 1.64. The van der Waals surface area contributed by atoms with Crippen molar-refractivity contribution in [3.05, 3.63) is 29.7 Å². The highest BCUT2D eigenvalue weighted by Gasteiger charge is 2.37. The molecule has 32 heavy (non-hydrogen) atoms. The molecule has 4 rings (SSSR count). The highest BCUT2D eigenvalue weighted by molar-refractivity contribution is 5.69. The third-order valence-corrected chi connectivity index (χ3v) is 4.99. The van der Waals surface area contributed by atoms with Gasteiger partial charge in [0.15, 0.2) is 0 Å². The number of benzene rings is 1. The largest absolute Gasteiger partial charge is 0.489 e. The average Bonchev–Trinajstić information content (AvgIpc) is 3.57. The minimum atomic E-state index is -4.63. The summed E-state index contributed by atoms with van der Waals surface area (Å²) in [6.07, 6.45) is -2.46. The van der Waals surface area contributed by atoms with Gasteiger partial charge in [-0.2, -0.15) is 18.2 Å². The van der Waals surface area contributed by atoms with Crippen molar-refractivity contribution in [2.75, 3.05) is 55.1 Å². The van der Waals surface area contributed by atoms with Crippen molar-refractivity contribution in [1.29, 1.82) is 0 Å². The molecule has 0 amide bonds. The molecule has 1 aromatic heterocycles. The number of hydrogen-bond donors (Lipinski definition) is 2. The van der Waals surface area contributed by atoms with Crippen LogP contribution in [0.15, 0.2) is 18.3 Å². The molecule has 7 nitrogen and oxygen atoms in total. The first-order valence-electron chi connectivity index (χ1n) is 10.2. The average molecular weight is 459 g/mol. The number of halogens is 5. The standard InChI is InChI=1S/C20H22F5N5O2/c21-3-6-32-17-10-16(30-4-7-31-8-5-30)14(22)9-15(17)28-19-26-11-13(20(23,24)25)18(29-19)27-12-1-2-12/h9-12H,1-8H2,(H2,26,27,28,29). The number of morpholine rings is 1. The number of rotatable bonds is 8. The van der Waals surface area contributed by atoms with Crippen LogP contribution in [0.3, 0.4) is 0 Å². The molecule has 174 valence electrons. The van der Waals surface area contributed by atoms with Gasteiger partial charge in [0.05, 0.1) is 24.6 Å². The number of hydrogen-bond acceptors (Lipinski definition) is 7. The lowest BCUT2D eigenvalue weighted by molar-refractivity contribution is -0.137. The summed E-state index contributed by atoms with van der Waals surface area (Å²) in [5.74, 6) is -0.977. The number of nitrogens with one attached hydrogen (secondary N) is 2. The van der Waals surface area contributed by atoms with Crippen LogP contribution in [0, 0.1) is 5.82 Å². The lowest BCUT2D eigenvalue weighted by atomic mass is 10.2. The molecule has 2 heterocycles. The summed E-state index contributed by atoms with van der Waals surface area (Å²) in [5.41, 5.74) is -0.653. The van der Waals surface area contributed by atoms with Crippen molar-refractivity contribution in [3.8, 4) is 5.75 Å². The van der Waals surface area contributed by atoms with Crippen molar-refractivity contribution in [2.24, 2.45) is 0 Å². The van der Waals surface area contributed by atoms with E-state index in [1.54, 1.807) is 4.90 Å². The molecule has 1 aromatic carbocycles. The van der Waals surface area contributed by atoms with E-state index < -0.39 is 24.2 Å². The van der Waals surface area contributed by atoms with Crippen LogP contribution in [0.4, 0.5) is 45.1 Å².